The van der Waals surface area contributed by atoms with Gasteiger partial charge in [-0.05, 0) is 43.2 Å². The molecule has 0 aliphatic heterocycles. The number of pyridine rings is 1. The number of furan rings is 1. The minimum absolute atomic E-state index is 0.359. The average molecular weight is 350 g/mol. The van der Waals surface area contributed by atoms with Crippen molar-refractivity contribution in [1.29, 1.82) is 0 Å². The molecule has 1 aliphatic rings. The number of nitrogens with one attached hydrogen (secondary N) is 1. The number of aromatic nitrogens is 1. The monoisotopic (exact) mass is 350 g/mol. The molecule has 0 amide bonds. The van der Waals surface area contributed by atoms with Crippen LogP contribution in [0.1, 0.15) is 42.5 Å². The van der Waals surface area contributed by atoms with Crippen LogP contribution in [0, 0.1) is 0 Å². The number of benzene rings is 1. The third-order valence-electron chi connectivity index (χ3n) is 4.97. The van der Waals surface area contributed by atoms with Crippen LogP contribution in [0.15, 0.2) is 47.0 Å². The molecule has 1 aromatic carbocycles. The van der Waals surface area contributed by atoms with E-state index in [1.54, 1.807) is 12.3 Å². The lowest BCUT2D eigenvalue weighted by Gasteiger charge is -2.23. The number of carbonyl (C=O) groups excluding carboxylic acids is 1. The van der Waals surface area contributed by atoms with Gasteiger partial charge in [0.25, 0.3) is 0 Å². The van der Waals surface area contributed by atoms with Crippen molar-refractivity contribution >= 4 is 22.8 Å². The number of hydrogen-bond acceptors (Lipinski definition) is 5. The van der Waals surface area contributed by atoms with E-state index in [-0.39, 0.29) is 5.97 Å². The van der Waals surface area contributed by atoms with E-state index in [0.29, 0.717) is 11.6 Å². The van der Waals surface area contributed by atoms with Crippen molar-refractivity contribution < 1.29 is 13.9 Å². The van der Waals surface area contributed by atoms with Crippen molar-refractivity contribution in [2.75, 3.05) is 12.4 Å². The third kappa shape index (κ3) is 3.17. The molecule has 5 heteroatoms. The summed E-state index contributed by atoms with van der Waals surface area (Å²) in [6.45, 7) is 0. The lowest BCUT2D eigenvalue weighted by molar-refractivity contribution is 0.0601. The van der Waals surface area contributed by atoms with Crippen molar-refractivity contribution in [2.24, 2.45) is 0 Å². The summed E-state index contributed by atoms with van der Waals surface area (Å²) < 4.78 is 11.0. The molecule has 1 N–H and O–H groups in total. The number of rotatable bonds is 4. The van der Waals surface area contributed by atoms with Gasteiger partial charge in [-0.15, -0.1) is 0 Å². The first-order valence-corrected chi connectivity index (χ1v) is 9.09. The first-order chi connectivity index (χ1) is 12.8. The fourth-order valence-corrected chi connectivity index (χ4v) is 3.64. The highest BCUT2D eigenvalue weighted by molar-refractivity contribution is 6.03. The summed E-state index contributed by atoms with van der Waals surface area (Å²) in [4.78, 5) is 16.4. The molecule has 4 rings (SSSR count). The first-order valence-electron chi connectivity index (χ1n) is 9.09. The van der Waals surface area contributed by atoms with Crippen LogP contribution < -0.4 is 5.32 Å². The largest absolute Gasteiger partial charge is 0.465 e. The second kappa shape index (κ2) is 7.20. The van der Waals surface area contributed by atoms with Crippen molar-refractivity contribution in [3.8, 4) is 11.3 Å². The third-order valence-corrected chi connectivity index (χ3v) is 4.97. The van der Waals surface area contributed by atoms with Gasteiger partial charge in [0.05, 0.1) is 23.9 Å². The number of methoxy groups -OCH3 is 1. The number of fused-ring (bicyclic) bond motifs is 1. The second-order valence-corrected chi connectivity index (χ2v) is 6.70. The highest BCUT2D eigenvalue weighted by Crippen LogP contribution is 2.39. The summed E-state index contributed by atoms with van der Waals surface area (Å²) in [5.41, 5.74) is 2.96. The Hall–Kier alpha value is -2.82. The van der Waals surface area contributed by atoms with Gasteiger partial charge >= 0.3 is 5.97 Å². The molecule has 0 unspecified atom stereocenters. The molecule has 0 spiro atoms. The predicted octanol–water partition coefficient (Wildman–Crippen LogP) is 5.03. The summed E-state index contributed by atoms with van der Waals surface area (Å²) in [6.07, 6.45) is 7.83. The van der Waals surface area contributed by atoms with Crippen molar-refractivity contribution in [1.82, 2.24) is 4.98 Å². The lowest BCUT2D eigenvalue weighted by atomic mass is 9.95. The molecule has 0 saturated heterocycles. The van der Waals surface area contributed by atoms with E-state index in [1.165, 1.54) is 26.4 Å². The molecule has 0 atom stereocenters. The number of esters is 1. The Morgan fingerprint density at radius 2 is 2.04 bits per heavy atom. The van der Waals surface area contributed by atoms with Crippen molar-refractivity contribution in [3.05, 3.63) is 48.2 Å². The van der Waals surface area contributed by atoms with Crippen LogP contribution in [0.3, 0.4) is 0 Å². The molecule has 1 saturated carbocycles. The van der Waals surface area contributed by atoms with E-state index in [0.717, 1.165) is 41.0 Å². The van der Waals surface area contributed by atoms with Crippen LogP contribution in [0.25, 0.3) is 22.2 Å². The van der Waals surface area contributed by atoms with Crippen LogP contribution in [0.5, 0.6) is 0 Å². The second-order valence-electron chi connectivity index (χ2n) is 6.70. The van der Waals surface area contributed by atoms with Crippen LogP contribution in [-0.4, -0.2) is 24.1 Å². The summed E-state index contributed by atoms with van der Waals surface area (Å²) in [5, 5.41) is 4.44. The standard InChI is InChI=1S/C21H22N2O3/c1-25-21(24)14-10-11-18-16(13-14)19(17-9-5-6-12-22-17)20(26-18)23-15-7-3-2-4-8-15/h5-6,9-13,15,23H,2-4,7-8H2,1H3. The van der Waals surface area contributed by atoms with Gasteiger partial charge in [0.15, 0.2) is 0 Å². The zero-order valence-electron chi connectivity index (χ0n) is 14.8. The zero-order chi connectivity index (χ0) is 17.9. The molecular formula is C21H22N2O3. The normalized spacial score (nSPS) is 15.1. The molecule has 0 radical (unpaired) electrons. The number of ether oxygens (including phenoxy) is 1. The van der Waals surface area contributed by atoms with E-state index in [2.05, 4.69) is 10.3 Å². The fraction of sp³-hybridized carbons (Fsp3) is 0.333. The Bertz CT molecular complexity index is 912. The predicted molar refractivity (Wildman–Crippen MR) is 101 cm³/mol. The van der Waals surface area contributed by atoms with Gasteiger partial charge in [-0.25, -0.2) is 4.79 Å². The average Bonchev–Trinajstić information content (AvgIpc) is 3.05. The molecule has 0 bridgehead atoms. The lowest BCUT2D eigenvalue weighted by Crippen LogP contribution is -2.22. The van der Waals surface area contributed by atoms with Gasteiger partial charge in [0.2, 0.25) is 5.88 Å². The molecule has 3 aromatic rings. The molecule has 5 nitrogen and oxygen atoms in total. The van der Waals surface area contributed by atoms with E-state index in [9.17, 15) is 4.79 Å². The Morgan fingerprint density at radius 3 is 2.77 bits per heavy atom. The first kappa shape index (κ1) is 16.6. The van der Waals surface area contributed by atoms with Gasteiger partial charge in [0, 0.05) is 17.6 Å². The van der Waals surface area contributed by atoms with E-state index in [4.69, 9.17) is 9.15 Å². The Labute approximate surface area is 152 Å². The minimum Gasteiger partial charge on any atom is -0.465 e. The maximum Gasteiger partial charge on any atom is 0.337 e. The number of carbonyl (C=O) groups is 1. The SMILES string of the molecule is COC(=O)c1ccc2oc(NC3CCCCC3)c(-c3ccccn3)c2c1. The molecule has 1 fully saturated rings. The molecule has 1 aliphatic carbocycles. The van der Waals surface area contributed by atoms with Crippen LogP contribution in [-0.2, 0) is 4.74 Å². The Kier molecular flexibility index (Phi) is 4.61. The van der Waals surface area contributed by atoms with Crippen LogP contribution in [0.4, 0.5) is 5.88 Å². The van der Waals surface area contributed by atoms with Crippen molar-refractivity contribution in [3.63, 3.8) is 0 Å². The van der Waals surface area contributed by atoms with Crippen molar-refractivity contribution in [2.45, 2.75) is 38.1 Å². The topological polar surface area (TPSA) is 64.4 Å². The Balaban J connectivity index is 1.83. The number of anilines is 1. The number of nitrogens with zero attached hydrogens (tertiary/aromatic N) is 1. The maximum absolute atomic E-state index is 11.9. The summed E-state index contributed by atoms with van der Waals surface area (Å²) in [7, 11) is 1.39. The fourth-order valence-electron chi connectivity index (χ4n) is 3.64. The molecule has 2 aromatic heterocycles. The minimum atomic E-state index is -0.359. The van der Waals surface area contributed by atoms with Gasteiger partial charge in [-0.1, -0.05) is 25.3 Å². The molecule has 2 heterocycles. The number of hydrogen-bond donors (Lipinski definition) is 1. The summed E-state index contributed by atoms with van der Waals surface area (Å²) >= 11 is 0. The van der Waals surface area contributed by atoms with Gasteiger partial charge in [-0.3, -0.25) is 4.98 Å². The van der Waals surface area contributed by atoms with Gasteiger partial charge in [0.1, 0.15) is 5.58 Å². The maximum atomic E-state index is 11.9. The molecule has 134 valence electrons. The molecule has 26 heavy (non-hydrogen) atoms. The smallest absolute Gasteiger partial charge is 0.337 e. The van der Waals surface area contributed by atoms with Crippen LogP contribution in [0.2, 0.25) is 0 Å². The van der Waals surface area contributed by atoms with Crippen LogP contribution >= 0.6 is 0 Å². The Morgan fingerprint density at radius 1 is 1.19 bits per heavy atom. The van der Waals surface area contributed by atoms with Gasteiger partial charge < -0.3 is 14.5 Å². The molecular weight excluding hydrogens is 328 g/mol. The van der Waals surface area contributed by atoms with Gasteiger partial charge in [-0.2, -0.15) is 0 Å². The quantitative estimate of drug-likeness (QED) is 0.669. The zero-order valence-corrected chi connectivity index (χ0v) is 14.8. The highest BCUT2D eigenvalue weighted by Gasteiger charge is 2.22. The van der Waals surface area contributed by atoms with E-state index < -0.39 is 0 Å². The summed E-state index contributed by atoms with van der Waals surface area (Å²) in [5.74, 6) is 0.370. The van der Waals surface area contributed by atoms with E-state index in [1.807, 2.05) is 30.3 Å². The summed E-state index contributed by atoms with van der Waals surface area (Å²) in [6, 6.07) is 11.6. The van der Waals surface area contributed by atoms with E-state index >= 15 is 0 Å². The highest BCUT2D eigenvalue weighted by atomic mass is 16.5.